The number of alkyl halides is 3. The lowest BCUT2D eigenvalue weighted by Crippen LogP contribution is -2.42. The van der Waals surface area contributed by atoms with Crippen molar-refractivity contribution < 1.29 is 23.1 Å². The molecular weight excluding hydrogens is 237 g/mol. The molecule has 0 heterocycles. The molecule has 0 bridgehead atoms. The van der Waals surface area contributed by atoms with Gasteiger partial charge in [0.15, 0.2) is 0 Å². The van der Waals surface area contributed by atoms with Crippen molar-refractivity contribution in [3.8, 4) is 0 Å². The third-order valence-electron chi connectivity index (χ3n) is 1.83. The number of carbonyl (C=O) groups is 1. The molecule has 0 radical (unpaired) electrons. The van der Waals surface area contributed by atoms with Crippen LogP contribution in [-0.2, 0) is 4.79 Å². The Morgan fingerprint density at radius 1 is 1.47 bits per heavy atom. The van der Waals surface area contributed by atoms with E-state index in [1.54, 1.807) is 0 Å². The topological polar surface area (TPSA) is 75.3 Å². The highest BCUT2D eigenvalue weighted by Gasteiger charge is 2.38. The lowest BCUT2D eigenvalue weighted by Gasteiger charge is -2.20. The molecule has 15 heavy (non-hydrogen) atoms. The Kier molecular flexibility index (Phi) is 7.72. The zero-order valence-corrected chi connectivity index (χ0v) is 8.86. The number of hydrogen-bond acceptors (Lipinski definition) is 3. The highest BCUT2D eigenvalue weighted by Crippen LogP contribution is 2.23. The van der Waals surface area contributed by atoms with Crippen LogP contribution in [0.25, 0.3) is 0 Å². The Morgan fingerprint density at radius 3 is 2.20 bits per heavy atom. The van der Waals surface area contributed by atoms with Crippen LogP contribution in [0.4, 0.5) is 13.2 Å². The molecule has 0 fully saturated rings. The van der Waals surface area contributed by atoms with E-state index in [-0.39, 0.29) is 25.2 Å². The van der Waals surface area contributed by atoms with E-state index in [9.17, 15) is 18.0 Å². The van der Waals surface area contributed by atoms with Gasteiger partial charge in [0.2, 0.25) is 0 Å². The van der Waals surface area contributed by atoms with Gasteiger partial charge < -0.3 is 16.2 Å². The van der Waals surface area contributed by atoms with E-state index >= 15 is 0 Å². The fourth-order valence-corrected chi connectivity index (χ4v) is 0.941. The first-order valence-electron chi connectivity index (χ1n) is 4.01. The van der Waals surface area contributed by atoms with Crippen molar-refractivity contribution in [1.82, 2.24) is 5.32 Å². The lowest BCUT2D eigenvalue weighted by molar-refractivity contribution is -0.157. The van der Waals surface area contributed by atoms with Gasteiger partial charge in [-0.05, 0) is 19.9 Å². The summed E-state index contributed by atoms with van der Waals surface area (Å²) < 4.78 is 36.4. The molecule has 0 aliphatic heterocycles. The average molecular weight is 251 g/mol. The van der Waals surface area contributed by atoms with Gasteiger partial charge in [0, 0.05) is 0 Å². The first-order valence-corrected chi connectivity index (χ1v) is 4.01. The molecule has 8 heteroatoms. The van der Waals surface area contributed by atoms with Gasteiger partial charge in [-0.3, -0.25) is 4.79 Å². The number of hydrogen-bond donors (Lipinski definition) is 3. The molecule has 4 N–H and O–H groups in total. The molecular formula is C7H14ClF3N2O2. The number of rotatable bonds is 5. The van der Waals surface area contributed by atoms with Crippen LogP contribution >= 0.6 is 12.4 Å². The fourth-order valence-electron chi connectivity index (χ4n) is 0.941. The van der Waals surface area contributed by atoms with Gasteiger partial charge in [-0.2, -0.15) is 13.2 Å². The molecule has 0 aliphatic rings. The summed E-state index contributed by atoms with van der Waals surface area (Å²) in [6.07, 6.45) is -4.92. The molecule has 0 aromatic carbocycles. The van der Waals surface area contributed by atoms with Crippen LogP contribution < -0.4 is 11.1 Å². The van der Waals surface area contributed by atoms with Gasteiger partial charge in [-0.1, -0.05) is 0 Å². The zero-order valence-electron chi connectivity index (χ0n) is 8.04. The maximum absolute atomic E-state index is 12.1. The molecule has 0 aromatic heterocycles. The second-order valence-corrected chi connectivity index (χ2v) is 2.90. The van der Waals surface area contributed by atoms with Gasteiger partial charge in [0.1, 0.15) is 12.1 Å². The van der Waals surface area contributed by atoms with Crippen LogP contribution in [0, 0.1) is 0 Å². The van der Waals surface area contributed by atoms with Crippen LogP contribution in [0.15, 0.2) is 0 Å². The lowest BCUT2D eigenvalue weighted by atomic mass is 10.1. The molecule has 4 nitrogen and oxygen atoms in total. The summed E-state index contributed by atoms with van der Waals surface area (Å²) in [5, 5.41) is 10.4. The summed E-state index contributed by atoms with van der Waals surface area (Å²) >= 11 is 0. The average Bonchev–Trinajstić information content (AvgIpc) is 2.02. The summed E-state index contributed by atoms with van der Waals surface area (Å²) in [5.41, 5.74) is 5.07. The molecule has 0 amide bonds. The zero-order chi connectivity index (χ0) is 11.4. The Labute approximate surface area is 91.4 Å². The van der Waals surface area contributed by atoms with Crippen molar-refractivity contribution in [2.24, 2.45) is 5.73 Å². The minimum Gasteiger partial charge on any atom is -0.480 e. The maximum Gasteiger partial charge on any atom is 0.403 e. The van der Waals surface area contributed by atoms with E-state index in [0.29, 0.717) is 0 Å². The molecule has 0 spiro atoms. The molecule has 0 rings (SSSR count). The predicted molar refractivity (Wildman–Crippen MR) is 51.0 cm³/mol. The first-order chi connectivity index (χ1) is 6.29. The minimum atomic E-state index is -4.37. The highest BCUT2D eigenvalue weighted by atomic mass is 35.5. The fraction of sp³-hybridized carbons (Fsp3) is 0.857. The largest absolute Gasteiger partial charge is 0.480 e. The van der Waals surface area contributed by atoms with E-state index in [2.05, 4.69) is 5.32 Å². The quantitative estimate of drug-likeness (QED) is 0.673. The van der Waals surface area contributed by atoms with E-state index < -0.39 is 24.2 Å². The molecule has 0 aliphatic carbocycles. The summed E-state index contributed by atoms with van der Waals surface area (Å²) in [4.78, 5) is 10.2. The van der Waals surface area contributed by atoms with Crippen molar-refractivity contribution in [1.29, 1.82) is 0 Å². The van der Waals surface area contributed by atoms with Crippen LogP contribution in [0.1, 0.15) is 12.8 Å². The molecule has 0 saturated heterocycles. The number of nitrogens with two attached hydrogens (primary N) is 1. The van der Waals surface area contributed by atoms with E-state index in [1.165, 1.54) is 7.05 Å². The van der Waals surface area contributed by atoms with Crippen LogP contribution in [0.3, 0.4) is 0 Å². The second kappa shape index (κ2) is 6.86. The highest BCUT2D eigenvalue weighted by molar-refractivity contribution is 5.85. The van der Waals surface area contributed by atoms with E-state index in [0.717, 1.165) is 0 Å². The van der Waals surface area contributed by atoms with Crippen molar-refractivity contribution in [2.75, 3.05) is 7.05 Å². The predicted octanol–water partition coefficient (Wildman–Crippen LogP) is 0.751. The Balaban J connectivity index is 0. The Bertz CT molecular complexity index is 201. The summed E-state index contributed by atoms with van der Waals surface area (Å²) in [7, 11) is 1.17. The van der Waals surface area contributed by atoms with Crippen molar-refractivity contribution in [3.63, 3.8) is 0 Å². The SMILES string of the molecule is CNC(CCC(N)C(=O)O)C(F)(F)F.Cl. The second-order valence-electron chi connectivity index (χ2n) is 2.90. The van der Waals surface area contributed by atoms with Crippen molar-refractivity contribution in [3.05, 3.63) is 0 Å². The van der Waals surface area contributed by atoms with Crippen molar-refractivity contribution >= 4 is 18.4 Å². The molecule has 0 aromatic rings. The molecule has 0 saturated carbocycles. The normalized spacial score (nSPS) is 15.3. The monoisotopic (exact) mass is 250 g/mol. The number of carboxylic acid groups (broad SMARTS) is 1. The smallest absolute Gasteiger partial charge is 0.403 e. The Hall–Kier alpha value is -0.530. The van der Waals surface area contributed by atoms with Gasteiger partial charge in [-0.25, -0.2) is 0 Å². The third kappa shape index (κ3) is 6.53. The molecule has 92 valence electrons. The van der Waals surface area contributed by atoms with Crippen LogP contribution in [0.2, 0.25) is 0 Å². The van der Waals surface area contributed by atoms with Gasteiger partial charge >= 0.3 is 12.1 Å². The summed E-state index contributed by atoms with van der Waals surface area (Å²) in [6, 6.07) is -2.94. The summed E-state index contributed by atoms with van der Waals surface area (Å²) in [6.45, 7) is 0. The molecule has 2 unspecified atom stereocenters. The van der Waals surface area contributed by atoms with Gasteiger partial charge in [0.05, 0.1) is 0 Å². The summed E-state index contributed by atoms with van der Waals surface area (Å²) in [5.74, 6) is -1.29. The maximum atomic E-state index is 12.1. The van der Waals surface area contributed by atoms with Crippen LogP contribution in [-0.4, -0.2) is 36.4 Å². The van der Waals surface area contributed by atoms with Gasteiger partial charge in [0.25, 0.3) is 0 Å². The number of halogens is 4. The number of carboxylic acids is 1. The third-order valence-corrected chi connectivity index (χ3v) is 1.83. The van der Waals surface area contributed by atoms with E-state index in [4.69, 9.17) is 10.8 Å². The molecule has 2 atom stereocenters. The van der Waals surface area contributed by atoms with Crippen LogP contribution in [0.5, 0.6) is 0 Å². The van der Waals surface area contributed by atoms with E-state index in [1.807, 2.05) is 0 Å². The number of nitrogens with one attached hydrogen (secondary N) is 1. The Morgan fingerprint density at radius 2 is 1.93 bits per heavy atom. The standard InChI is InChI=1S/C7H13F3N2O2.ClH/c1-12-5(7(8,9)10)3-2-4(11)6(13)14;/h4-5,12H,2-3,11H2,1H3,(H,13,14);1H. The van der Waals surface area contributed by atoms with Crippen molar-refractivity contribution in [2.45, 2.75) is 31.1 Å². The number of aliphatic carboxylic acids is 1. The van der Waals surface area contributed by atoms with Gasteiger partial charge in [-0.15, -0.1) is 12.4 Å². The minimum absolute atomic E-state index is 0. The first kappa shape index (κ1) is 16.9.